The van der Waals surface area contributed by atoms with Crippen LogP contribution in [0.4, 0.5) is 0 Å². The second-order valence-electron chi connectivity index (χ2n) is 6.05. The van der Waals surface area contributed by atoms with Gasteiger partial charge in [0.15, 0.2) is 0 Å². The third-order valence-corrected chi connectivity index (χ3v) is 4.08. The van der Waals surface area contributed by atoms with Gasteiger partial charge in [-0.05, 0) is 43.8 Å². The maximum absolute atomic E-state index is 12.2. The van der Waals surface area contributed by atoms with Gasteiger partial charge in [0.05, 0.1) is 13.2 Å². The SMILES string of the molecule is COc1cccc(CCC(=O)NCC(c2ccccc2)N(C)C)c1. The summed E-state index contributed by atoms with van der Waals surface area (Å²) in [5.74, 6) is 0.894. The molecule has 2 rings (SSSR count). The number of rotatable bonds is 8. The lowest BCUT2D eigenvalue weighted by Gasteiger charge is -2.25. The number of methoxy groups -OCH3 is 1. The van der Waals surface area contributed by atoms with Crippen LogP contribution in [0.2, 0.25) is 0 Å². The van der Waals surface area contributed by atoms with Crippen LogP contribution in [-0.2, 0) is 11.2 Å². The molecule has 1 amide bonds. The first kappa shape index (κ1) is 18.0. The number of hydrogen-bond acceptors (Lipinski definition) is 3. The molecule has 0 bridgehead atoms. The van der Waals surface area contributed by atoms with Gasteiger partial charge in [-0.2, -0.15) is 0 Å². The zero-order chi connectivity index (χ0) is 17.4. The van der Waals surface area contributed by atoms with E-state index in [2.05, 4.69) is 22.3 Å². The summed E-state index contributed by atoms with van der Waals surface area (Å²) < 4.78 is 5.21. The summed E-state index contributed by atoms with van der Waals surface area (Å²) in [5, 5.41) is 3.05. The number of likely N-dealkylation sites (N-methyl/N-ethyl adjacent to an activating group) is 1. The van der Waals surface area contributed by atoms with E-state index in [9.17, 15) is 4.79 Å². The van der Waals surface area contributed by atoms with Crippen molar-refractivity contribution in [3.05, 3.63) is 65.7 Å². The molecule has 0 aliphatic rings. The van der Waals surface area contributed by atoms with Crippen molar-refractivity contribution in [2.75, 3.05) is 27.7 Å². The van der Waals surface area contributed by atoms with Gasteiger partial charge in [0.1, 0.15) is 5.75 Å². The molecule has 1 atom stereocenters. The number of nitrogens with one attached hydrogen (secondary N) is 1. The molecule has 0 spiro atoms. The number of benzene rings is 2. The monoisotopic (exact) mass is 326 g/mol. The normalized spacial score (nSPS) is 12.0. The molecule has 2 aromatic carbocycles. The molecule has 0 saturated carbocycles. The number of amides is 1. The fraction of sp³-hybridized carbons (Fsp3) is 0.350. The molecular formula is C20H26N2O2. The molecule has 24 heavy (non-hydrogen) atoms. The highest BCUT2D eigenvalue weighted by Gasteiger charge is 2.14. The second-order valence-corrected chi connectivity index (χ2v) is 6.05. The van der Waals surface area contributed by atoms with E-state index in [0.29, 0.717) is 19.4 Å². The molecule has 128 valence electrons. The predicted octanol–water partition coefficient (Wildman–Crippen LogP) is 3.05. The zero-order valence-electron chi connectivity index (χ0n) is 14.7. The van der Waals surface area contributed by atoms with Gasteiger partial charge in [0.2, 0.25) is 5.91 Å². The summed E-state index contributed by atoms with van der Waals surface area (Å²) in [6.07, 6.45) is 1.18. The van der Waals surface area contributed by atoms with E-state index in [1.165, 1.54) is 5.56 Å². The number of hydrogen-bond donors (Lipinski definition) is 1. The summed E-state index contributed by atoms with van der Waals surface area (Å²) in [4.78, 5) is 14.3. The molecule has 4 nitrogen and oxygen atoms in total. The average molecular weight is 326 g/mol. The molecule has 0 heterocycles. The van der Waals surface area contributed by atoms with Crippen LogP contribution in [0.3, 0.4) is 0 Å². The topological polar surface area (TPSA) is 41.6 Å². The maximum atomic E-state index is 12.2. The van der Waals surface area contributed by atoms with Crippen molar-refractivity contribution in [1.82, 2.24) is 10.2 Å². The van der Waals surface area contributed by atoms with Gasteiger partial charge in [-0.3, -0.25) is 4.79 Å². The molecular weight excluding hydrogens is 300 g/mol. The van der Waals surface area contributed by atoms with Crippen molar-refractivity contribution >= 4 is 5.91 Å². The van der Waals surface area contributed by atoms with Crippen LogP contribution in [0.1, 0.15) is 23.6 Å². The lowest BCUT2D eigenvalue weighted by molar-refractivity contribution is -0.121. The van der Waals surface area contributed by atoms with Gasteiger partial charge in [-0.15, -0.1) is 0 Å². The van der Waals surface area contributed by atoms with E-state index < -0.39 is 0 Å². The molecule has 0 aliphatic carbocycles. The molecule has 1 unspecified atom stereocenters. The van der Waals surface area contributed by atoms with E-state index in [0.717, 1.165) is 11.3 Å². The molecule has 0 fully saturated rings. The Morgan fingerprint density at radius 3 is 2.54 bits per heavy atom. The third kappa shape index (κ3) is 5.39. The Morgan fingerprint density at radius 2 is 1.88 bits per heavy atom. The molecule has 4 heteroatoms. The van der Waals surface area contributed by atoms with Crippen molar-refractivity contribution < 1.29 is 9.53 Å². The summed E-state index contributed by atoms with van der Waals surface area (Å²) in [6.45, 7) is 0.605. The predicted molar refractivity (Wildman–Crippen MR) is 97.2 cm³/mol. The van der Waals surface area contributed by atoms with Crippen LogP contribution in [0.15, 0.2) is 54.6 Å². The van der Waals surface area contributed by atoms with Crippen LogP contribution in [-0.4, -0.2) is 38.6 Å². The molecule has 0 aromatic heterocycles. The number of nitrogens with zero attached hydrogens (tertiary/aromatic N) is 1. The summed E-state index contributed by atoms with van der Waals surface area (Å²) in [5.41, 5.74) is 2.31. The Labute approximate surface area is 144 Å². The Hall–Kier alpha value is -2.33. The third-order valence-electron chi connectivity index (χ3n) is 4.08. The first-order valence-corrected chi connectivity index (χ1v) is 8.21. The van der Waals surface area contributed by atoms with Crippen LogP contribution < -0.4 is 10.1 Å². The fourth-order valence-corrected chi connectivity index (χ4v) is 2.66. The minimum atomic E-state index is 0.0700. The molecule has 0 saturated heterocycles. The van der Waals surface area contributed by atoms with E-state index >= 15 is 0 Å². The highest BCUT2D eigenvalue weighted by Crippen LogP contribution is 2.17. The van der Waals surface area contributed by atoms with Crippen molar-refractivity contribution in [3.8, 4) is 5.75 Å². The van der Waals surface area contributed by atoms with Crippen LogP contribution in [0, 0.1) is 0 Å². The quantitative estimate of drug-likeness (QED) is 0.811. The van der Waals surface area contributed by atoms with Gasteiger partial charge in [-0.1, -0.05) is 42.5 Å². The van der Waals surface area contributed by atoms with Gasteiger partial charge in [0.25, 0.3) is 0 Å². The molecule has 1 N–H and O–H groups in total. The summed E-state index contributed by atoms with van der Waals surface area (Å²) in [7, 11) is 5.71. The second kappa shape index (κ2) is 9.08. The van der Waals surface area contributed by atoms with E-state index in [1.807, 2.05) is 56.6 Å². The molecule has 0 radical (unpaired) electrons. The first-order chi connectivity index (χ1) is 11.6. The standard InChI is InChI=1S/C20H26N2O2/c1-22(2)19(17-9-5-4-6-10-17)15-21-20(23)13-12-16-8-7-11-18(14-16)24-3/h4-11,14,19H,12-13,15H2,1-3H3,(H,21,23). The van der Waals surface area contributed by atoms with Crippen LogP contribution in [0.5, 0.6) is 5.75 Å². The van der Waals surface area contributed by atoms with Crippen LogP contribution in [0.25, 0.3) is 0 Å². The highest BCUT2D eigenvalue weighted by atomic mass is 16.5. The van der Waals surface area contributed by atoms with Crippen molar-refractivity contribution in [1.29, 1.82) is 0 Å². The number of ether oxygens (including phenoxy) is 1. The minimum absolute atomic E-state index is 0.0700. The van der Waals surface area contributed by atoms with E-state index in [-0.39, 0.29) is 11.9 Å². The zero-order valence-corrected chi connectivity index (χ0v) is 14.7. The largest absolute Gasteiger partial charge is 0.497 e. The molecule has 2 aromatic rings. The Morgan fingerprint density at radius 1 is 1.12 bits per heavy atom. The van der Waals surface area contributed by atoms with Crippen molar-refractivity contribution in [2.24, 2.45) is 0 Å². The van der Waals surface area contributed by atoms with E-state index in [4.69, 9.17) is 4.74 Å². The molecule has 0 aliphatic heterocycles. The number of carbonyl (C=O) groups is 1. The first-order valence-electron chi connectivity index (χ1n) is 8.21. The Balaban J connectivity index is 1.85. The number of aryl methyl sites for hydroxylation is 1. The lowest BCUT2D eigenvalue weighted by atomic mass is 10.1. The highest BCUT2D eigenvalue weighted by molar-refractivity contribution is 5.76. The summed E-state index contributed by atoms with van der Waals surface area (Å²) in [6, 6.07) is 18.2. The van der Waals surface area contributed by atoms with Crippen molar-refractivity contribution in [3.63, 3.8) is 0 Å². The van der Waals surface area contributed by atoms with Gasteiger partial charge < -0.3 is 15.0 Å². The maximum Gasteiger partial charge on any atom is 0.220 e. The average Bonchev–Trinajstić information content (AvgIpc) is 2.61. The van der Waals surface area contributed by atoms with Gasteiger partial charge >= 0.3 is 0 Å². The number of carbonyl (C=O) groups excluding carboxylic acids is 1. The fourth-order valence-electron chi connectivity index (χ4n) is 2.66. The van der Waals surface area contributed by atoms with Gasteiger partial charge in [0, 0.05) is 13.0 Å². The van der Waals surface area contributed by atoms with Crippen LogP contribution >= 0.6 is 0 Å². The summed E-state index contributed by atoms with van der Waals surface area (Å²) >= 11 is 0. The smallest absolute Gasteiger partial charge is 0.220 e. The lowest BCUT2D eigenvalue weighted by Crippen LogP contribution is -2.34. The Kier molecular flexibility index (Phi) is 6.82. The van der Waals surface area contributed by atoms with Crippen molar-refractivity contribution in [2.45, 2.75) is 18.9 Å². The van der Waals surface area contributed by atoms with E-state index in [1.54, 1.807) is 7.11 Å². The van der Waals surface area contributed by atoms with Gasteiger partial charge in [-0.25, -0.2) is 0 Å². The minimum Gasteiger partial charge on any atom is -0.497 e. The Bertz CT molecular complexity index is 641.